The molecule has 0 saturated carbocycles. The fraction of sp³-hybridized carbons (Fsp3) is 0.500. The molecule has 0 aliphatic carbocycles. The first kappa shape index (κ1) is 13.0. The molecule has 8 heteroatoms. The summed E-state index contributed by atoms with van der Waals surface area (Å²) >= 11 is 5.73. The van der Waals surface area contributed by atoms with E-state index in [9.17, 15) is 13.2 Å². The molecule has 1 aromatic heterocycles. The summed E-state index contributed by atoms with van der Waals surface area (Å²) in [6.45, 7) is 0.357. The van der Waals surface area contributed by atoms with Gasteiger partial charge in [-0.05, 0) is 6.92 Å². The number of nitrogen functional groups attached to an aromatic ring is 1. The SMILES string of the molecule is Cc1nc(N)c(CNCC(F)(F)F)c(Cl)n1. The average Bonchev–Trinajstić information content (AvgIpc) is 2.07. The second-order valence-corrected chi connectivity index (χ2v) is 3.50. The van der Waals surface area contributed by atoms with E-state index in [0.29, 0.717) is 5.82 Å². The molecule has 0 bridgehead atoms. The lowest BCUT2D eigenvalue weighted by Crippen LogP contribution is -2.28. The first-order valence-corrected chi connectivity index (χ1v) is 4.73. The van der Waals surface area contributed by atoms with Gasteiger partial charge in [-0.25, -0.2) is 9.97 Å². The summed E-state index contributed by atoms with van der Waals surface area (Å²) in [4.78, 5) is 7.61. The van der Waals surface area contributed by atoms with Gasteiger partial charge in [-0.3, -0.25) is 0 Å². The minimum Gasteiger partial charge on any atom is -0.383 e. The predicted molar refractivity (Wildman–Crippen MR) is 54.0 cm³/mol. The number of hydrogen-bond acceptors (Lipinski definition) is 4. The molecule has 3 N–H and O–H groups in total. The fourth-order valence-corrected chi connectivity index (χ4v) is 1.36. The minimum atomic E-state index is -4.27. The lowest BCUT2D eigenvalue weighted by Gasteiger charge is -2.10. The fourth-order valence-electron chi connectivity index (χ4n) is 1.07. The zero-order valence-corrected chi connectivity index (χ0v) is 9.15. The van der Waals surface area contributed by atoms with Gasteiger partial charge in [0.05, 0.1) is 6.54 Å². The van der Waals surface area contributed by atoms with Crippen molar-refractivity contribution in [3.8, 4) is 0 Å². The van der Waals surface area contributed by atoms with E-state index in [1.54, 1.807) is 6.92 Å². The normalized spacial score (nSPS) is 11.8. The second-order valence-electron chi connectivity index (χ2n) is 3.14. The molecule has 0 saturated heterocycles. The molecule has 0 radical (unpaired) electrons. The molecular weight excluding hydrogens is 245 g/mol. The van der Waals surface area contributed by atoms with Crippen LogP contribution in [0, 0.1) is 6.92 Å². The molecular formula is C8H10ClF3N4. The summed E-state index contributed by atoms with van der Waals surface area (Å²) in [5.74, 6) is 0.467. The van der Waals surface area contributed by atoms with Gasteiger partial charge in [0.1, 0.15) is 16.8 Å². The summed E-state index contributed by atoms with van der Waals surface area (Å²) in [5, 5.41) is 2.24. The number of halogens is 4. The molecule has 0 amide bonds. The molecule has 0 unspecified atom stereocenters. The highest BCUT2D eigenvalue weighted by Crippen LogP contribution is 2.19. The largest absolute Gasteiger partial charge is 0.401 e. The van der Waals surface area contributed by atoms with Crippen LogP contribution in [0.15, 0.2) is 0 Å². The molecule has 90 valence electrons. The first-order valence-electron chi connectivity index (χ1n) is 4.35. The molecule has 1 rings (SSSR count). The Labute approximate surface area is 95.0 Å². The number of nitrogens with one attached hydrogen (secondary N) is 1. The van der Waals surface area contributed by atoms with Crippen molar-refractivity contribution in [3.63, 3.8) is 0 Å². The van der Waals surface area contributed by atoms with Crippen molar-refractivity contribution in [2.75, 3.05) is 12.3 Å². The molecule has 4 nitrogen and oxygen atoms in total. The topological polar surface area (TPSA) is 63.8 Å². The van der Waals surface area contributed by atoms with E-state index in [1.165, 1.54) is 0 Å². The van der Waals surface area contributed by atoms with Crippen LogP contribution in [0.25, 0.3) is 0 Å². The quantitative estimate of drug-likeness (QED) is 0.806. The van der Waals surface area contributed by atoms with Crippen LogP contribution in [0.5, 0.6) is 0 Å². The number of rotatable bonds is 3. The Kier molecular flexibility index (Phi) is 3.93. The summed E-state index contributed by atoms with van der Waals surface area (Å²) in [5.41, 5.74) is 5.79. The molecule has 0 atom stereocenters. The zero-order chi connectivity index (χ0) is 12.3. The second kappa shape index (κ2) is 4.84. The zero-order valence-electron chi connectivity index (χ0n) is 8.40. The maximum atomic E-state index is 11.9. The van der Waals surface area contributed by atoms with Gasteiger partial charge in [0.25, 0.3) is 0 Å². The molecule has 1 heterocycles. The van der Waals surface area contributed by atoms with Crippen molar-refractivity contribution < 1.29 is 13.2 Å². The molecule has 16 heavy (non-hydrogen) atoms. The van der Waals surface area contributed by atoms with Crippen molar-refractivity contribution in [1.29, 1.82) is 0 Å². The van der Waals surface area contributed by atoms with E-state index in [4.69, 9.17) is 17.3 Å². The van der Waals surface area contributed by atoms with E-state index < -0.39 is 12.7 Å². The number of aromatic nitrogens is 2. The number of alkyl halides is 3. The van der Waals surface area contributed by atoms with E-state index >= 15 is 0 Å². The van der Waals surface area contributed by atoms with Crippen molar-refractivity contribution >= 4 is 17.4 Å². The number of anilines is 1. The number of hydrogen-bond donors (Lipinski definition) is 2. The average molecular weight is 255 g/mol. The maximum Gasteiger partial charge on any atom is 0.401 e. The number of nitrogens with two attached hydrogens (primary N) is 1. The first-order chi connectivity index (χ1) is 7.29. The molecule has 1 aromatic rings. The highest BCUT2D eigenvalue weighted by atomic mass is 35.5. The van der Waals surface area contributed by atoms with Gasteiger partial charge >= 0.3 is 6.18 Å². The molecule has 0 aromatic carbocycles. The number of nitrogens with zero attached hydrogens (tertiary/aromatic N) is 2. The molecule has 0 fully saturated rings. The van der Waals surface area contributed by atoms with E-state index in [1.807, 2.05) is 0 Å². The van der Waals surface area contributed by atoms with Crippen LogP contribution < -0.4 is 11.1 Å². The van der Waals surface area contributed by atoms with Gasteiger partial charge in [-0.1, -0.05) is 11.6 Å². The predicted octanol–water partition coefficient (Wildman–Crippen LogP) is 1.67. The Morgan fingerprint density at radius 3 is 2.50 bits per heavy atom. The van der Waals surface area contributed by atoms with Crippen LogP contribution in [0.4, 0.5) is 19.0 Å². The van der Waals surface area contributed by atoms with Gasteiger partial charge in [0.2, 0.25) is 0 Å². The van der Waals surface area contributed by atoms with Crippen molar-refractivity contribution in [2.45, 2.75) is 19.6 Å². The summed E-state index contributed by atoms with van der Waals surface area (Å²) in [6, 6.07) is 0. The molecule has 0 aliphatic heterocycles. The minimum absolute atomic E-state index is 0.0691. The van der Waals surface area contributed by atoms with Crippen LogP contribution in [-0.2, 0) is 6.54 Å². The Bertz CT molecular complexity index is 357. The summed E-state index contributed by atoms with van der Waals surface area (Å²) in [7, 11) is 0. The highest BCUT2D eigenvalue weighted by Gasteiger charge is 2.26. The number of aryl methyl sites for hydroxylation is 1. The van der Waals surface area contributed by atoms with Gasteiger partial charge in [0, 0.05) is 12.1 Å². The lowest BCUT2D eigenvalue weighted by atomic mass is 10.3. The van der Waals surface area contributed by atoms with E-state index in [2.05, 4.69) is 15.3 Å². The highest BCUT2D eigenvalue weighted by molar-refractivity contribution is 6.30. The third-order valence-corrected chi connectivity index (χ3v) is 2.04. The maximum absolute atomic E-state index is 11.9. The Balaban J connectivity index is 2.68. The summed E-state index contributed by atoms with van der Waals surface area (Å²) < 4.78 is 35.6. The van der Waals surface area contributed by atoms with Crippen molar-refractivity contribution in [3.05, 3.63) is 16.5 Å². The summed E-state index contributed by atoms with van der Waals surface area (Å²) in [6.07, 6.45) is -4.27. The van der Waals surface area contributed by atoms with Crippen LogP contribution in [0.1, 0.15) is 11.4 Å². The monoisotopic (exact) mass is 254 g/mol. The van der Waals surface area contributed by atoms with E-state index in [0.717, 1.165) is 0 Å². The van der Waals surface area contributed by atoms with Crippen molar-refractivity contribution in [2.24, 2.45) is 0 Å². The standard InChI is InChI=1S/C8H10ClF3N4/c1-4-15-6(9)5(7(13)16-4)2-14-3-8(10,11)12/h14H,2-3H2,1H3,(H2,13,15,16). The van der Waals surface area contributed by atoms with Gasteiger partial charge in [-0.15, -0.1) is 0 Å². The van der Waals surface area contributed by atoms with Gasteiger partial charge in [-0.2, -0.15) is 13.2 Å². The van der Waals surface area contributed by atoms with Gasteiger partial charge < -0.3 is 11.1 Å². The molecule has 0 spiro atoms. The van der Waals surface area contributed by atoms with Crippen molar-refractivity contribution in [1.82, 2.24) is 15.3 Å². The van der Waals surface area contributed by atoms with Crippen LogP contribution in [-0.4, -0.2) is 22.7 Å². The van der Waals surface area contributed by atoms with E-state index in [-0.39, 0.29) is 23.1 Å². The molecule has 0 aliphatic rings. The van der Waals surface area contributed by atoms with Crippen LogP contribution in [0.3, 0.4) is 0 Å². The Morgan fingerprint density at radius 1 is 1.38 bits per heavy atom. The van der Waals surface area contributed by atoms with Crippen LogP contribution >= 0.6 is 11.6 Å². The third kappa shape index (κ3) is 3.82. The Hall–Kier alpha value is -1.08. The van der Waals surface area contributed by atoms with Crippen LogP contribution in [0.2, 0.25) is 5.15 Å². The lowest BCUT2D eigenvalue weighted by molar-refractivity contribution is -0.125. The smallest absolute Gasteiger partial charge is 0.383 e. The van der Waals surface area contributed by atoms with Gasteiger partial charge in [0.15, 0.2) is 0 Å². The Morgan fingerprint density at radius 2 is 2.00 bits per heavy atom. The third-order valence-electron chi connectivity index (χ3n) is 1.73.